The van der Waals surface area contributed by atoms with E-state index in [2.05, 4.69) is 25.6 Å². The number of carbonyl (C=O) groups is 2. The minimum absolute atomic E-state index is 0.0241. The van der Waals surface area contributed by atoms with E-state index in [1.807, 2.05) is 0 Å². The average molecular weight is 466 g/mol. The number of nitrogens with one attached hydrogen (secondary N) is 3. The number of nitrogens with zero attached hydrogens (tertiary/aromatic N) is 2. The van der Waals surface area contributed by atoms with Crippen LogP contribution in [-0.4, -0.2) is 45.5 Å². The molecule has 9 heteroatoms. The lowest BCUT2D eigenvalue weighted by Gasteiger charge is -2.29. The summed E-state index contributed by atoms with van der Waals surface area (Å²) in [7, 11) is 0. The van der Waals surface area contributed by atoms with Gasteiger partial charge < -0.3 is 20.4 Å². The molecular weight excluding hydrogens is 437 g/mol. The zero-order valence-electron chi connectivity index (χ0n) is 19.1. The lowest BCUT2D eigenvalue weighted by Crippen LogP contribution is -2.43. The molecule has 1 aromatic carbocycles. The van der Waals surface area contributed by atoms with E-state index in [1.165, 1.54) is 25.4 Å². The Bertz CT molecular complexity index is 1210. The van der Waals surface area contributed by atoms with Crippen LogP contribution in [0.2, 0.25) is 0 Å². The number of aromatic amines is 1. The number of amides is 2. The highest BCUT2D eigenvalue weighted by Gasteiger charge is 2.26. The van der Waals surface area contributed by atoms with E-state index in [1.54, 1.807) is 12.3 Å². The number of ether oxygens (including phenoxy) is 1. The Morgan fingerprint density at radius 1 is 1.09 bits per heavy atom. The largest absolute Gasteiger partial charge is 0.492 e. The van der Waals surface area contributed by atoms with Crippen LogP contribution in [0.25, 0.3) is 22.3 Å². The second-order valence-corrected chi connectivity index (χ2v) is 9.27. The highest BCUT2D eigenvalue weighted by Crippen LogP contribution is 2.36. The summed E-state index contributed by atoms with van der Waals surface area (Å²) in [6.45, 7) is 2.07. The van der Waals surface area contributed by atoms with E-state index in [4.69, 9.17) is 4.74 Å². The second kappa shape index (κ2) is 9.40. The van der Waals surface area contributed by atoms with E-state index < -0.39 is 0 Å². The van der Waals surface area contributed by atoms with Crippen LogP contribution in [0, 0.1) is 11.7 Å². The third-order valence-electron chi connectivity index (χ3n) is 6.55. The van der Waals surface area contributed by atoms with Crippen molar-refractivity contribution in [1.82, 2.24) is 25.6 Å². The van der Waals surface area contributed by atoms with Crippen molar-refractivity contribution in [3.05, 3.63) is 42.1 Å². The van der Waals surface area contributed by atoms with E-state index >= 15 is 0 Å². The fourth-order valence-electron chi connectivity index (χ4n) is 4.55. The minimum atomic E-state index is -0.375. The van der Waals surface area contributed by atoms with Gasteiger partial charge in [-0.25, -0.2) is 14.4 Å². The molecule has 34 heavy (non-hydrogen) atoms. The molecule has 0 spiro atoms. The minimum Gasteiger partial charge on any atom is -0.492 e. The monoisotopic (exact) mass is 465 g/mol. The van der Waals surface area contributed by atoms with E-state index in [9.17, 15) is 14.0 Å². The zero-order valence-corrected chi connectivity index (χ0v) is 19.1. The smallest absolute Gasteiger partial charge is 0.255 e. The summed E-state index contributed by atoms with van der Waals surface area (Å²) in [5, 5.41) is 6.05. The van der Waals surface area contributed by atoms with Crippen LogP contribution >= 0.6 is 0 Å². The van der Waals surface area contributed by atoms with Gasteiger partial charge in [-0.2, -0.15) is 0 Å². The molecule has 2 fully saturated rings. The fourth-order valence-corrected chi connectivity index (χ4v) is 4.55. The molecular formula is C25H28FN5O3. The molecule has 0 aliphatic heterocycles. The molecule has 178 valence electrons. The van der Waals surface area contributed by atoms with Crippen molar-refractivity contribution < 1.29 is 18.7 Å². The van der Waals surface area contributed by atoms with Gasteiger partial charge in [0.05, 0.1) is 17.7 Å². The summed E-state index contributed by atoms with van der Waals surface area (Å²) in [6, 6.07) is 4.61. The number of fused-ring (bicyclic) bond motifs is 1. The summed E-state index contributed by atoms with van der Waals surface area (Å²) in [5.41, 5.74) is 2.76. The summed E-state index contributed by atoms with van der Waals surface area (Å²) >= 11 is 0. The third-order valence-corrected chi connectivity index (χ3v) is 6.55. The maximum atomic E-state index is 13.9. The summed E-state index contributed by atoms with van der Waals surface area (Å²) < 4.78 is 19.9. The summed E-state index contributed by atoms with van der Waals surface area (Å²) in [5.74, 6) is 0.353. The van der Waals surface area contributed by atoms with Crippen molar-refractivity contribution in [3.63, 3.8) is 0 Å². The van der Waals surface area contributed by atoms with E-state index in [0.29, 0.717) is 46.1 Å². The highest BCUT2D eigenvalue weighted by atomic mass is 19.1. The molecule has 2 aliphatic carbocycles. The molecule has 0 saturated heterocycles. The first kappa shape index (κ1) is 22.3. The van der Waals surface area contributed by atoms with Crippen molar-refractivity contribution in [2.24, 2.45) is 5.92 Å². The van der Waals surface area contributed by atoms with Gasteiger partial charge >= 0.3 is 0 Å². The molecule has 0 unspecified atom stereocenters. The summed E-state index contributed by atoms with van der Waals surface area (Å²) in [6.07, 6.45) is 8.58. The van der Waals surface area contributed by atoms with Crippen LogP contribution in [0.4, 0.5) is 4.39 Å². The van der Waals surface area contributed by atoms with Crippen molar-refractivity contribution >= 4 is 22.8 Å². The first-order valence-electron chi connectivity index (χ1n) is 11.8. The van der Waals surface area contributed by atoms with Crippen molar-refractivity contribution in [1.29, 1.82) is 0 Å². The van der Waals surface area contributed by atoms with Gasteiger partial charge in [0.1, 0.15) is 29.1 Å². The Morgan fingerprint density at radius 3 is 2.53 bits per heavy atom. The van der Waals surface area contributed by atoms with Crippen molar-refractivity contribution in [3.8, 4) is 17.0 Å². The number of H-pyrrole nitrogens is 1. The summed E-state index contributed by atoms with van der Waals surface area (Å²) in [4.78, 5) is 36.2. The Morgan fingerprint density at radius 2 is 1.82 bits per heavy atom. The van der Waals surface area contributed by atoms with Gasteiger partial charge in [0.2, 0.25) is 5.91 Å². The zero-order chi connectivity index (χ0) is 23.7. The standard InChI is InChI=1S/C25H28FN5O3/c1-14(32)30-17-5-7-18(8-6-17)31-25(33)20-11-27-24-22(28-13-29-23(20)24)19-9-4-16(26)10-21(19)34-12-15-2-3-15/h4,9-11,13,15,17-18,27H,2-3,5-8,12H2,1H3,(H,30,32)(H,31,33)/t17-,18+. The topological polar surface area (TPSA) is 109 Å². The van der Waals surface area contributed by atoms with Crippen LogP contribution in [0.5, 0.6) is 5.75 Å². The van der Waals surface area contributed by atoms with Gasteiger partial charge in [0.15, 0.2) is 0 Å². The fraction of sp³-hybridized carbons (Fsp3) is 0.440. The Hall–Kier alpha value is -3.49. The molecule has 3 aromatic rings. The molecule has 0 atom stereocenters. The van der Waals surface area contributed by atoms with Crippen LogP contribution in [0.1, 0.15) is 55.8 Å². The first-order chi connectivity index (χ1) is 16.5. The van der Waals surface area contributed by atoms with Gasteiger partial charge in [-0.05, 0) is 56.6 Å². The first-order valence-corrected chi connectivity index (χ1v) is 11.8. The van der Waals surface area contributed by atoms with Gasteiger partial charge in [-0.15, -0.1) is 0 Å². The normalized spacial score (nSPS) is 20.2. The Kier molecular flexibility index (Phi) is 6.17. The van der Waals surface area contributed by atoms with E-state index in [0.717, 1.165) is 38.5 Å². The van der Waals surface area contributed by atoms with Crippen molar-refractivity contribution in [2.45, 2.75) is 57.5 Å². The van der Waals surface area contributed by atoms with Gasteiger partial charge in [-0.3, -0.25) is 9.59 Å². The van der Waals surface area contributed by atoms with Gasteiger partial charge in [0.25, 0.3) is 5.91 Å². The predicted molar refractivity (Wildman–Crippen MR) is 125 cm³/mol. The average Bonchev–Trinajstić information content (AvgIpc) is 3.54. The maximum Gasteiger partial charge on any atom is 0.255 e. The molecule has 2 heterocycles. The number of benzene rings is 1. The third kappa shape index (κ3) is 4.88. The van der Waals surface area contributed by atoms with Crippen LogP contribution in [0.3, 0.4) is 0 Å². The molecule has 2 saturated carbocycles. The quantitative estimate of drug-likeness (QED) is 0.493. The highest BCUT2D eigenvalue weighted by molar-refractivity contribution is 6.07. The maximum absolute atomic E-state index is 13.9. The molecule has 0 radical (unpaired) electrons. The number of carbonyl (C=O) groups excluding carboxylic acids is 2. The number of aromatic nitrogens is 3. The molecule has 8 nitrogen and oxygen atoms in total. The Balaban J connectivity index is 1.35. The van der Waals surface area contributed by atoms with Gasteiger partial charge in [0, 0.05) is 36.8 Å². The SMILES string of the molecule is CC(=O)N[C@H]1CC[C@@H](NC(=O)c2c[nH]c3c(-c4ccc(F)cc4OCC4CC4)ncnc23)CC1. The molecule has 2 aliphatic rings. The molecule has 2 amide bonds. The number of hydrogen-bond donors (Lipinski definition) is 3. The molecule has 0 bridgehead atoms. The second-order valence-electron chi connectivity index (χ2n) is 9.27. The van der Waals surface area contributed by atoms with Gasteiger partial charge in [-0.1, -0.05) is 0 Å². The number of halogens is 1. The molecule has 5 rings (SSSR count). The lowest BCUT2D eigenvalue weighted by atomic mass is 9.91. The van der Waals surface area contributed by atoms with Crippen molar-refractivity contribution in [2.75, 3.05) is 6.61 Å². The lowest BCUT2D eigenvalue weighted by molar-refractivity contribution is -0.119. The predicted octanol–water partition coefficient (Wildman–Crippen LogP) is 3.73. The molecule has 2 aromatic heterocycles. The van der Waals surface area contributed by atoms with Crippen LogP contribution in [-0.2, 0) is 4.79 Å². The van der Waals surface area contributed by atoms with Crippen LogP contribution < -0.4 is 15.4 Å². The van der Waals surface area contributed by atoms with E-state index in [-0.39, 0.29) is 29.7 Å². The Labute approximate surface area is 196 Å². The van der Waals surface area contributed by atoms with Crippen LogP contribution in [0.15, 0.2) is 30.7 Å². The molecule has 3 N–H and O–H groups in total. The number of rotatable bonds is 7. The number of hydrogen-bond acceptors (Lipinski definition) is 5.